The van der Waals surface area contributed by atoms with Crippen molar-refractivity contribution in [2.45, 2.75) is 45.8 Å². The van der Waals surface area contributed by atoms with E-state index in [1.165, 1.54) is 21.9 Å². The van der Waals surface area contributed by atoms with Gasteiger partial charge in [-0.15, -0.1) is 0 Å². The topological polar surface area (TPSA) is 79.5 Å². The first kappa shape index (κ1) is 18.0. The first-order valence-electron chi connectivity index (χ1n) is 8.50. The molecule has 0 N–H and O–H groups in total. The highest BCUT2D eigenvalue weighted by Crippen LogP contribution is 2.19. The van der Waals surface area contributed by atoms with Crippen molar-refractivity contribution in [3.8, 4) is 0 Å². The van der Waals surface area contributed by atoms with Crippen LogP contribution in [0.4, 0.5) is 4.39 Å². The van der Waals surface area contributed by atoms with Gasteiger partial charge >= 0.3 is 0 Å². The first-order chi connectivity index (χ1) is 12.3. The van der Waals surface area contributed by atoms with Gasteiger partial charge in [0.15, 0.2) is 5.82 Å². The Bertz CT molecular complexity index is 820. The second-order valence-corrected chi connectivity index (χ2v) is 6.72. The first-order valence-corrected chi connectivity index (χ1v) is 8.50. The molecule has 2 heterocycles. The van der Waals surface area contributed by atoms with Crippen molar-refractivity contribution >= 4 is 11.8 Å². The Hall–Kier alpha value is -2.77. The Morgan fingerprint density at radius 2 is 2.08 bits per heavy atom. The smallest absolute Gasteiger partial charge is 0.246 e. The summed E-state index contributed by atoms with van der Waals surface area (Å²) in [6.45, 7) is 5.77. The summed E-state index contributed by atoms with van der Waals surface area (Å²) in [5.74, 6) is 0.211. The molecule has 8 heteroatoms. The molecule has 0 aliphatic carbocycles. The molecule has 1 saturated heterocycles. The third-order valence-corrected chi connectivity index (χ3v) is 4.35. The zero-order chi connectivity index (χ0) is 18.8. The normalized spacial score (nSPS) is 18.1. The van der Waals surface area contributed by atoms with Crippen LogP contribution in [0.2, 0.25) is 0 Å². The van der Waals surface area contributed by atoms with Crippen LogP contribution in [0.25, 0.3) is 0 Å². The third kappa shape index (κ3) is 3.74. The largest absolute Gasteiger partial charge is 0.337 e. The lowest BCUT2D eigenvalue weighted by atomic mass is 10.1. The van der Waals surface area contributed by atoms with E-state index in [0.29, 0.717) is 17.3 Å². The predicted molar refractivity (Wildman–Crippen MR) is 90.2 cm³/mol. The van der Waals surface area contributed by atoms with Crippen LogP contribution in [0.1, 0.15) is 44.0 Å². The van der Waals surface area contributed by atoms with Gasteiger partial charge in [-0.05, 0) is 24.6 Å². The number of aromatic nitrogens is 2. The molecule has 1 aliphatic heterocycles. The van der Waals surface area contributed by atoms with Crippen molar-refractivity contribution in [1.82, 2.24) is 19.9 Å². The number of amides is 2. The van der Waals surface area contributed by atoms with E-state index in [1.54, 1.807) is 19.1 Å². The van der Waals surface area contributed by atoms with E-state index in [4.69, 9.17) is 4.52 Å². The molecule has 0 spiro atoms. The van der Waals surface area contributed by atoms with Gasteiger partial charge in [-0.3, -0.25) is 9.59 Å². The molecule has 0 saturated carbocycles. The monoisotopic (exact) mass is 360 g/mol. The molecule has 26 heavy (non-hydrogen) atoms. The minimum Gasteiger partial charge on any atom is -0.337 e. The Morgan fingerprint density at radius 3 is 2.73 bits per heavy atom. The zero-order valence-electron chi connectivity index (χ0n) is 15.0. The SMILES string of the molecule is CC(C)c1noc(CN2C(=O)CN(Cc3cccc(F)c3)C(=O)[C@@H]2C)n1. The standard InChI is InChI=1S/C18H21FN4O3/c1-11(2)17-20-15(26-21-17)9-23-12(3)18(25)22(10-16(23)24)8-13-5-4-6-14(19)7-13/h4-7,11-12H,8-10H2,1-3H3/t12-/m0/s1. The molecule has 1 atom stereocenters. The summed E-state index contributed by atoms with van der Waals surface area (Å²) in [6, 6.07) is 5.36. The highest BCUT2D eigenvalue weighted by molar-refractivity contribution is 5.94. The fourth-order valence-electron chi connectivity index (χ4n) is 2.87. The Balaban J connectivity index is 1.70. The number of rotatable bonds is 5. The number of benzene rings is 1. The summed E-state index contributed by atoms with van der Waals surface area (Å²) in [7, 11) is 0. The van der Waals surface area contributed by atoms with E-state index in [0.717, 1.165) is 0 Å². The quantitative estimate of drug-likeness (QED) is 0.816. The number of hydrogen-bond donors (Lipinski definition) is 0. The van der Waals surface area contributed by atoms with Crippen LogP contribution in [-0.2, 0) is 22.7 Å². The summed E-state index contributed by atoms with van der Waals surface area (Å²) < 4.78 is 18.5. The maximum atomic E-state index is 13.3. The molecule has 1 fully saturated rings. The number of carbonyl (C=O) groups excluding carboxylic acids is 2. The highest BCUT2D eigenvalue weighted by atomic mass is 19.1. The van der Waals surface area contributed by atoms with Gasteiger partial charge in [0, 0.05) is 12.5 Å². The molecule has 0 unspecified atom stereocenters. The second kappa shape index (κ2) is 7.23. The summed E-state index contributed by atoms with van der Waals surface area (Å²) in [5, 5.41) is 3.87. The number of nitrogens with zero attached hydrogens (tertiary/aromatic N) is 4. The maximum Gasteiger partial charge on any atom is 0.246 e. The molecular formula is C18H21FN4O3. The van der Waals surface area contributed by atoms with Crippen molar-refractivity contribution < 1.29 is 18.5 Å². The zero-order valence-corrected chi connectivity index (χ0v) is 15.0. The van der Waals surface area contributed by atoms with E-state index in [-0.39, 0.29) is 43.2 Å². The van der Waals surface area contributed by atoms with Crippen LogP contribution in [0.15, 0.2) is 28.8 Å². The van der Waals surface area contributed by atoms with Crippen LogP contribution in [-0.4, -0.2) is 44.3 Å². The average Bonchev–Trinajstić information content (AvgIpc) is 3.05. The maximum absolute atomic E-state index is 13.3. The number of halogens is 1. The number of carbonyl (C=O) groups is 2. The Kier molecular flexibility index (Phi) is 5.01. The summed E-state index contributed by atoms with van der Waals surface area (Å²) in [6.07, 6.45) is 0. The van der Waals surface area contributed by atoms with E-state index in [9.17, 15) is 14.0 Å². The Labute approximate surface area is 150 Å². The van der Waals surface area contributed by atoms with Crippen LogP contribution in [0, 0.1) is 5.82 Å². The predicted octanol–water partition coefficient (Wildman–Crippen LogP) is 2.09. The van der Waals surface area contributed by atoms with Gasteiger partial charge in [-0.1, -0.05) is 31.1 Å². The summed E-state index contributed by atoms with van der Waals surface area (Å²) in [4.78, 5) is 32.3. The third-order valence-electron chi connectivity index (χ3n) is 4.35. The van der Waals surface area contributed by atoms with Gasteiger partial charge in [0.1, 0.15) is 24.9 Å². The molecule has 3 rings (SSSR count). The summed E-state index contributed by atoms with van der Waals surface area (Å²) in [5.41, 5.74) is 0.644. The van der Waals surface area contributed by atoms with Crippen LogP contribution >= 0.6 is 0 Å². The summed E-state index contributed by atoms with van der Waals surface area (Å²) >= 11 is 0. The van der Waals surface area contributed by atoms with Gasteiger partial charge in [-0.25, -0.2) is 4.39 Å². The fraction of sp³-hybridized carbons (Fsp3) is 0.444. The molecule has 7 nitrogen and oxygen atoms in total. The number of hydrogen-bond acceptors (Lipinski definition) is 5. The van der Waals surface area contributed by atoms with Crippen molar-refractivity contribution in [2.75, 3.05) is 6.54 Å². The van der Waals surface area contributed by atoms with Crippen LogP contribution in [0.5, 0.6) is 0 Å². The van der Waals surface area contributed by atoms with E-state index in [2.05, 4.69) is 10.1 Å². The molecule has 1 aliphatic rings. The molecule has 0 bridgehead atoms. The van der Waals surface area contributed by atoms with Gasteiger partial charge < -0.3 is 14.3 Å². The Morgan fingerprint density at radius 1 is 1.31 bits per heavy atom. The van der Waals surface area contributed by atoms with E-state index >= 15 is 0 Å². The van der Waals surface area contributed by atoms with Crippen LogP contribution in [0.3, 0.4) is 0 Å². The van der Waals surface area contributed by atoms with Crippen molar-refractivity contribution in [1.29, 1.82) is 0 Å². The lowest BCUT2D eigenvalue weighted by Crippen LogP contribution is -2.58. The average molecular weight is 360 g/mol. The molecule has 2 aromatic rings. The van der Waals surface area contributed by atoms with Crippen molar-refractivity contribution in [3.05, 3.63) is 47.4 Å². The van der Waals surface area contributed by atoms with Gasteiger partial charge in [0.25, 0.3) is 0 Å². The fourth-order valence-corrected chi connectivity index (χ4v) is 2.87. The highest BCUT2D eigenvalue weighted by Gasteiger charge is 2.37. The molecular weight excluding hydrogens is 339 g/mol. The van der Waals surface area contributed by atoms with Gasteiger partial charge in [0.05, 0.1) is 0 Å². The minimum atomic E-state index is -0.654. The van der Waals surface area contributed by atoms with E-state index in [1.807, 2.05) is 13.8 Å². The molecule has 1 aromatic heterocycles. The van der Waals surface area contributed by atoms with Gasteiger partial charge in [-0.2, -0.15) is 4.98 Å². The second-order valence-electron chi connectivity index (χ2n) is 6.72. The van der Waals surface area contributed by atoms with Crippen molar-refractivity contribution in [3.63, 3.8) is 0 Å². The molecule has 0 radical (unpaired) electrons. The minimum absolute atomic E-state index is 0.0646. The number of piperazine rings is 1. The molecule has 1 aromatic carbocycles. The van der Waals surface area contributed by atoms with Crippen LogP contribution < -0.4 is 0 Å². The van der Waals surface area contributed by atoms with E-state index < -0.39 is 6.04 Å². The molecule has 2 amide bonds. The van der Waals surface area contributed by atoms with Crippen molar-refractivity contribution in [2.24, 2.45) is 0 Å². The van der Waals surface area contributed by atoms with Gasteiger partial charge in [0.2, 0.25) is 17.7 Å². The molecule has 138 valence electrons. The lowest BCUT2D eigenvalue weighted by molar-refractivity contribution is -0.156. The lowest BCUT2D eigenvalue weighted by Gasteiger charge is -2.38.